The van der Waals surface area contributed by atoms with Crippen molar-refractivity contribution in [2.45, 2.75) is 31.2 Å². The minimum atomic E-state index is -0.415. The summed E-state index contributed by atoms with van der Waals surface area (Å²) >= 11 is 0. The van der Waals surface area contributed by atoms with Gasteiger partial charge in [0, 0.05) is 6.08 Å². The summed E-state index contributed by atoms with van der Waals surface area (Å²) in [7, 11) is 1.62. The van der Waals surface area contributed by atoms with Crippen LogP contribution in [0.25, 0.3) is 6.08 Å². The van der Waals surface area contributed by atoms with Crippen LogP contribution in [0.2, 0.25) is 0 Å². The zero-order valence-electron chi connectivity index (χ0n) is 11.8. The van der Waals surface area contributed by atoms with Gasteiger partial charge in [-0.05, 0) is 36.6 Å². The topological polar surface area (TPSA) is 58.6 Å². The largest absolute Gasteiger partial charge is 0.497 e. The number of methoxy groups -OCH3 is 1. The highest BCUT2D eigenvalue weighted by molar-refractivity contribution is 5.92. The van der Waals surface area contributed by atoms with Crippen LogP contribution in [0.3, 0.4) is 0 Å². The quantitative estimate of drug-likeness (QED) is 0.809. The summed E-state index contributed by atoms with van der Waals surface area (Å²) in [5.41, 5.74) is 0.520. The second kappa shape index (κ2) is 6.57. The maximum atomic E-state index is 11.9. The maximum Gasteiger partial charge on any atom is 0.244 e. The van der Waals surface area contributed by atoms with Crippen LogP contribution in [-0.4, -0.2) is 30.3 Å². The van der Waals surface area contributed by atoms with E-state index < -0.39 is 5.54 Å². The summed E-state index contributed by atoms with van der Waals surface area (Å²) in [5.74, 6) is 0.633. The molecule has 4 heteroatoms. The monoisotopic (exact) mass is 275 g/mol. The molecule has 1 saturated carbocycles. The first-order valence-electron chi connectivity index (χ1n) is 6.93. The molecule has 1 aliphatic carbocycles. The summed E-state index contributed by atoms with van der Waals surface area (Å²) < 4.78 is 5.08. The van der Waals surface area contributed by atoms with Crippen LogP contribution in [0, 0.1) is 0 Å². The van der Waals surface area contributed by atoms with Gasteiger partial charge >= 0.3 is 0 Å². The third kappa shape index (κ3) is 3.61. The first-order valence-corrected chi connectivity index (χ1v) is 6.93. The first kappa shape index (κ1) is 14.6. The van der Waals surface area contributed by atoms with Gasteiger partial charge in [-0.1, -0.05) is 25.0 Å². The van der Waals surface area contributed by atoms with Gasteiger partial charge in [-0.15, -0.1) is 0 Å². The third-order valence-corrected chi connectivity index (χ3v) is 3.79. The lowest BCUT2D eigenvalue weighted by atomic mass is 9.99. The molecule has 0 aromatic heterocycles. The molecule has 1 fully saturated rings. The Kier molecular flexibility index (Phi) is 4.79. The number of nitrogens with one attached hydrogen (secondary N) is 1. The Bertz CT molecular complexity index is 473. The van der Waals surface area contributed by atoms with Crippen molar-refractivity contribution in [1.29, 1.82) is 0 Å². The van der Waals surface area contributed by atoms with Crippen molar-refractivity contribution in [2.75, 3.05) is 13.7 Å². The molecule has 1 aromatic carbocycles. The van der Waals surface area contributed by atoms with E-state index in [9.17, 15) is 9.90 Å². The normalized spacial score (nSPS) is 17.3. The number of hydrogen-bond donors (Lipinski definition) is 2. The minimum absolute atomic E-state index is 0.00904. The Morgan fingerprint density at radius 2 is 2.00 bits per heavy atom. The number of carbonyl (C=O) groups excluding carboxylic acids is 1. The molecule has 0 radical (unpaired) electrons. The second-order valence-electron chi connectivity index (χ2n) is 5.24. The van der Waals surface area contributed by atoms with Gasteiger partial charge in [-0.2, -0.15) is 0 Å². The van der Waals surface area contributed by atoms with Gasteiger partial charge in [0.2, 0.25) is 5.91 Å². The number of aliphatic hydroxyl groups is 1. The molecule has 2 rings (SSSR count). The zero-order chi connectivity index (χ0) is 14.4. The van der Waals surface area contributed by atoms with Crippen LogP contribution < -0.4 is 10.1 Å². The molecule has 2 N–H and O–H groups in total. The smallest absolute Gasteiger partial charge is 0.244 e. The lowest BCUT2D eigenvalue weighted by Crippen LogP contribution is -2.48. The predicted octanol–water partition coefficient (Wildman–Crippen LogP) is 2.13. The molecule has 0 atom stereocenters. The molecule has 108 valence electrons. The van der Waals surface area contributed by atoms with Crippen molar-refractivity contribution in [3.8, 4) is 5.75 Å². The van der Waals surface area contributed by atoms with Crippen molar-refractivity contribution >= 4 is 12.0 Å². The lowest BCUT2D eigenvalue weighted by Gasteiger charge is -2.27. The molecular formula is C16H21NO3. The number of rotatable bonds is 5. The Balaban J connectivity index is 1.94. The predicted molar refractivity (Wildman–Crippen MR) is 78.5 cm³/mol. The number of hydrogen-bond acceptors (Lipinski definition) is 3. The Labute approximate surface area is 119 Å². The van der Waals surface area contributed by atoms with Gasteiger partial charge in [0.05, 0.1) is 19.3 Å². The minimum Gasteiger partial charge on any atom is -0.497 e. The number of amides is 1. The highest BCUT2D eigenvalue weighted by Crippen LogP contribution is 2.29. The number of benzene rings is 1. The standard InChI is InChI=1S/C16H21NO3/c1-20-14-7-4-13(5-8-14)6-9-15(19)17-16(12-18)10-2-3-11-16/h4-9,18H,2-3,10-12H2,1H3,(H,17,19). The average Bonchev–Trinajstić information content (AvgIpc) is 2.95. The van der Waals surface area contributed by atoms with E-state index in [-0.39, 0.29) is 12.5 Å². The molecule has 0 aliphatic heterocycles. The Morgan fingerprint density at radius 3 is 2.55 bits per heavy atom. The van der Waals surface area contributed by atoms with Crippen molar-refractivity contribution in [3.63, 3.8) is 0 Å². The van der Waals surface area contributed by atoms with Crippen molar-refractivity contribution in [3.05, 3.63) is 35.9 Å². The van der Waals surface area contributed by atoms with E-state index >= 15 is 0 Å². The van der Waals surface area contributed by atoms with Crippen LogP contribution in [0.4, 0.5) is 0 Å². The number of aliphatic hydroxyl groups excluding tert-OH is 1. The molecule has 0 unspecified atom stereocenters. The highest BCUT2D eigenvalue weighted by atomic mass is 16.5. The van der Waals surface area contributed by atoms with E-state index in [0.29, 0.717) is 0 Å². The zero-order valence-corrected chi connectivity index (χ0v) is 11.8. The van der Waals surface area contributed by atoms with Crippen LogP contribution in [-0.2, 0) is 4.79 Å². The summed E-state index contributed by atoms with van der Waals surface area (Å²) in [6.07, 6.45) is 7.09. The number of ether oxygens (including phenoxy) is 1. The maximum absolute atomic E-state index is 11.9. The summed E-state index contributed by atoms with van der Waals surface area (Å²) in [4.78, 5) is 11.9. The molecule has 0 heterocycles. The SMILES string of the molecule is COc1ccc(C=CC(=O)NC2(CO)CCCC2)cc1. The van der Waals surface area contributed by atoms with Gasteiger partial charge < -0.3 is 15.2 Å². The van der Waals surface area contributed by atoms with E-state index in [1.54, 1.807) is 13.2 Å². The summed E-state index contributed by atoms with van der Waals surface area (Å²) in [6, 6.07) is 7.48. The highest BCUT2D eigenvalue weighted by Gasteiger charge is 2.33. The van der Waals surface area contributed by atoms with E-state index in [2.05, 4.69) is 5.32 Å². The lowest BCUT2D eigenvalue weighted by molar-refractivity contribution is -0.118. The van der Waals surface area contributed by atoms with Crippen molar-refractivity contribution in [1.82, 2.24) is 5.32 Å². The molecule has 1 aliphatic rings. The van der Waals surface area contributed by atoms with Gasteiger partial charge in [0.25, 0.3) is 0 Å². The molecule has 20 heavy (non-hydrogen) atoms. The molecule has 1 amide bonds. The van der Waals surface area contributed by atoms with E-state index in [1.165, 1.54) is 6.08 Å². The molecule has 4 nitrogen and oxygen atoms in total. The van der Waals surface area contributed by atoms with E-state index in [0.717, 1.165) is 37.0 Å². The molecule has 0 bridgehead atoms. The fourth-order valence-electron chi connectivity index (χ4n) is 2.56. The van der Waals surface area contributed by atoms with Crippen LogP contribution in [0.1, 0.15) is 31.2 Å². The van der Waals surface area contributed by atoms with Gasteiger partial charge in [0.1, 0.15) is 5.75 Å². The van der Waals surface area contributed by atoms with Gasteiger partial charge in [0.15, 0.2) is 0 Å². The van der Waals surface area contributed by atoms with Crippen molar-refractivity contribution in [2.24, 2.45) is 0 Å². The second-order valence-corrected chi connectivity index (χ2v) is 5.24. The average molecular weight is 275 g/mol. The molecule has 1 aromatic rings. The van der Waals surface area contributed by atoms with Crippen LogP contribution in [0.15, 0.2) is 30.3 Å². The number of carbonyl (C=O) groups is 1. The Morgan fingerprint density at radius 1 is 1.35 bits per heavy atom. The van der Waals surface area contributed by atoms with Crippen LogP contribution >= 0.6 is 0 Å². The molecule has 0 spiro atoms. The fraction of sp³-hybridized carbons (Fsp3) is 0.438. The summed E-state index contributed by atoms with van der Waals surface area (Å²) in [5, 5.41) is 12.4. The van der Waals surface area contributed by atoms with Crippen molar-refractivity contribution < 1.29 is 14.6 Å². The summed E-state index contributed by atoms with van der Waals surface area (Å²) in [6.45, 7) is 0.00904. The van der Waals surface area contributed by atoms with Gasteiger partial charge in [-0.3, -0.25) is 4.79 Å². The Hall–Kier alpha value is -1.81. The molecule has 0 saturated heterocycles. The fourth-order valence-corrected chi connectivity index (χ4v) is 2.56. The third-order valence-electron chi connectivity index (χ3n) is 3.79. The molecular weight excluding hydrogens is 254 g/mol. The first-order chi connectivity index (χ1) is 9.67. The van der Waals surface area contributed by atoms with Gasteiger partial charge in [-0.25, -0.2) is 0 Å². The van der Waals surface area contributed by atoms with E-state index in [1.807, 2.05) is 24.3 Å². The van der Waals surface area contributed by atoms with Crippen LogP contribution in [0.5, 0.6) is 5.75 Å². The van der Waals surface area contributed by atoms with E-state index in [4.69, 9.17) is 4.74 Å².